The molecule has 0 radical (unpaired) electrons. The molecule has 1 heterocycles. The topological polar surface area (TPSA) is 30.2 Å². The second-order valence-electron chi connectivity index (χ2n) is 4.36. The zero-order valence-corrected chi connectivity index (χ0v) is 10.3. The number of rotatable bonds is 2. The van der Waals surface area contributed by atoms with E-state index in [1.165, 1.54) is 12.1 Å². The van der Waals surface area contributed by atoms with Gasteiger partial charge in [0.1, 0.15) is 11.4 Å². The first-order valence-corrected chi connectivity index (χ1v) is 5.96. The van der Waals surface area contributed by atoms with Crippen molar-refractivity contribution in [1.29, 1.82) is 0 Å². The summed E-state index contributed by atoms with van der Waals surface area (Å²) in [5.74, 6) is -0.759. The van der Waals surface area contributed by atoms with E-state index in [0.29, 0.717) is 5.58 Å². The van der Waals surface area contributed by atoms with E-state index in [2.05, 4.69) is 0 Å². The predicted molar refractivity (Wildman–Crippen MR) is 70.8 cm³/mol. The number of halogens is 1. The SMILES string of the molecule is Cc1c(C(=O)c2ccccc2F)oc2ccccc12. The fraction of sp³-hybridized carbons (Fsp3) is 0.0625. The zero-order chi connectivity index (χ0) is 13.4. The number of para-hydroxylation sites is 1. The van der Waals surface area contributed by atoms with Crippen LogP contribution in [-0.2, 0) is 0 Å². The molecule has 0 aliphatic rings. The first kappa shape index (κ1) is 11.7. The Morgan fingerprint density at radius 3 is 2.47 bits per heavy atom. The molecule has 0 bridgehead atoms. The van der Waals surface area contributed by atoms with Crippen LogP contribution >= 0.6 is 0 Å². The van der Waals surface area contributed by atoms with Crippen LogP contribution in [0.5, 0.6) is 0 Å². The molecule has 1 aromatic heterocycles. The maximum Gasteiger partial charge on any atom is 0.231 e. The molecule has 0 amide bonds. The number of furan rings is 1. The first-order chi connectivity index (χ1) is 9.18. The summed E-state index contributed by atoms with van der Waals surface area (Å²) in [6, 6.07) is 13.3. The van der Waals surface area contributed by atoms with Gasteiger partial charge in [0.15, 0.2) is 5.76 Å². The van der Waals surface area contributed by atoms with Gasteiger partial charge in [0.2, 0.25) is 5.78 Å². The lowest BCUT2D eigenvalue weighted by Gasteiger charge is -2.00. The van der Waals surface area contributed by atoms with Crippen LogP contribution < -0.4 is 0 Å². The second-order valence-corrected chi connectivity index (χ2v) is 4.36. The van der Waals surface area contributed by atoms with Gasteiger partial charge < -0.3 is 4.42 Å². The average molecular weight is 254 g/mol. The van der Waals surface area contributed by atoms with Gasteiger partial charge in [-0.2, -0.15) is 0 Å². The summed E-state index contributed by atoms with van der Waals surface area (Å²) in [5, 5.41) is 0.877. The first-order valence-electron chi connectivity index (χ1n) is 5.96. The molecular formula is C16H11FO2. The molecule has 94 valence electrons. The summed E-state index contributed by atoms with van der Waals surface area (Å²) in [7, 11) is 0. The van der Waals surface area contributed by atoms with Crippen LogP contribution in [0, 0.1) is 12.7 Å². The average Bonchev–Trinajstić information content (AvgIpc) is 2.77. The summed E-state index contributed by atoms with van der Waals surface area (Å²) in [5.41, 5.74) is 1.41. The normalized spacial score (nSPS) is 10.8. The number of hydrogen-bond acceptors (Lipinski definition) is 2. The van der Waals surface area contributed by atoms with Crippen LogP contribution in [0.1, 0.15) is 21.7 Å². The summed E-state index contributed by atoms with van der Waals surface area (Å²) in [4.78, 5) is 12.3. The molecule has 0 saturated carbocycles. The van der Waals surface area contributed by atoms with E-state index < -0.39 is 11.6 Å². The van der Waals surface area contributed by atoms with Crippen molar-refractivity contribution in [2.45, 2.75) is 6.92 Å². The minimum absolute atomic E-state index is 0.0321. The largest absolute Gasteiger partial charge is 0.452 e. The van der Waals surface area contributed by atoms with Crippen molar-refractivity contribution < 1.29 is 13.6 Å². The molecule has 2 aromatic carbocycles. The van der Waals surface area contributed by atoms with Crippen molar-refractivity contribution in [1.82, 2.24) is 0 Å². The fourth-order valence-corrected chi connectivity index (χ4v) is 2.16. The Kier molecular flexibility index (Phi) is 2.67. The van der Waals surface area contributed by atoms with Gasteiger partial charge in [-0.15, -0.1) is 0 Å². The molecular weight excluding hydrogens is 243 g/mol. The molecule has 0 aliphatic carbocycles. The Morgan fingerprint density at radius 1 is 1.05 bits per heavy atom. The molecule has 19 heavy (non-hydrogen) atoms. The quantitative estimate of drug-likeness (QED) is 0.644. The van der Waals surface area contributed by atoms with E-state index in [9.17, 15) is 9.18 Å². The van der Waals surface area contributed by atoms with E-state index in [1.807, 2.05) is 18.2 Å². The van der Waals surface area contributed by atoms with Gasteiger partial charge in [-0.05, 0) is 25.1 Å². The number of carbonyl (C=O) groups excluding carboxylic acids is 1. The van der Waals surface area contributed by atoms with Crippen LogP contribution in [0.3, 0.4) is 0 Å². The van der Waals surface area contributed by atoms with Crippen molar-refractivity contribution in [3.05, 3.63) is 71.2 Å². The third-order valence-corrected chi connectivity index (χ3v) is 3.17. The molecule has 0 atom stereocenters. The number of ketones is 1. The Bertz CT molecular complexity index is 771. The molecule has 0 spiro atoms. The van der Waals surface area contributed by atoms with Crippen LogP contribution in [0.15, 0.2) is 52.9 Å². The lowest BCUT2D eigenvalue weighted by atomic mass is 10.0. The van der Waals surface area contributed by atoms with Crippen molar-refractivity contribution in [2.24, 2.45) is 0 Å². The minimum atomic E-state index is -0.535. The van der Waals surface area contributed by atoms with Gasteiger partial charge in [0, 0.05) is 10.9 Å². The van der Waals surface area contributed by atoms with Gasteiger partial charge in [-0.3, -0.25) is 4.79 Å². The van der Waals surface area contributed by atoms with E-state index >= 15 is 0 Å². The predicted octanol–water partition coefficient (Wildman–Crippen LogP) is 4.11. The Labute approximate surface area is 109 Å². The molecule has 0 saturated heterocycles. The molecule has 3 rings (SSSR count). The van der Waals surface area contributed by atoms with Crippen LogP contribution in [0.25, 0.3) is 11.0 Å². The summed E-state index contributed by atoms with van der Waals surface area (Å²) in [6.45, 7) is 1.81. The number of fused-ring (bicyclic) bond motifs is 1. The van der Waals surface area contributed by atoms with Crippen molar-refractivity contribution in [3.63, 3.8) is 0 Å². The van der Waals surface area contributed by atoms with E-state index in [-0.39, 0.29) is 11.3 Å². The highest BCUT2D eigenvalue weighted by Gasteiger charge is 2.21. The van der Waals surface area contributed by atoms with Gasteiger partial charge >= 0.3 is 0 Å². The number of aryl methyl sites for hydroxylation is 1. The number of benzene rings is 2. The Morgan fingerprint density at radius 2 is 1.74 bits per heavy atom. The zero-order valence-electron chi connectivity index (χ0n) is 10.3. The van der Waals surface area contributed by atoms with E-state index in [1.54, 1.807) is 25.1 Å². The van der Waals surface area contributed by atoms with Gasteiger partial charge in [-0.25, -0.2) is 4.39 Å². The maximum atomic E-state index is 13.7. The molecule has 0 fully saturated rings. The van der Waals surface area contributed by atoms with Crippen LogP contribution in [-0.4, -0.2) is 5.78 Å². The smallest absolute Gasteiger partial charge is 0.231 e. The standard InChI is InChI=1S/C16H11FO2/c1-10-11-6-3-5-9-14(11)19-16(10)15(18)12-7-2-4-8-13(12)17/h2-9H,1H3. The molecule has 0 aliphatic heterocycles. The van der Waals surface area contributed by atoms with E-state index in [4.69, 9.17) is 4.42 Å². The summed E-state index contributed by atoms with van der Waals surface area (Å²) >= 11 is 0. The molecule has 0 unspecified atom stereocenters. The van der Waals surface area contributed by atoms with Crippen LogP contribution in [0.4, 0.5) is 4.39 Å². The van der Waals surface area contributed by atoms with Crippen molar-refractivity contribution in [2.75, 3.05) is 0 Å². The maximum absolute atomic E-state index is 13.7. The molecule has 0 N–H and O–H groups in total. The molecule has 2 nitrogen and oxygen atoms in total. The van der Waals surface area contributed by atoms with Gasteiger partial charge in [-0.1, -0.05) is 30.3 Å². The highest BCUT2D eigenvalue weighted by Crippen LogP contribution is 2.27. The Hall–Kier alpha value is -2.42. The minimum Gasteiger partial charge on any atom is -0.452 e. The van der Waals surface area contributed by atoms with Crippen molar-refractivity contribution >= 4 is 16.8 Å². The Balaban J connectivity index is 2.17. The van der Waals surface area contributed by atoms with Gasteiger partial charge in [0.05, 0.1) is 5.56 Å². The molecule has 3 heteroatoms. The lowest BCUT2D eigenvalue weighted by molar-refractivity contribution is 0.101. The van der Waals surface area contributed by atoms with Crippen LogP contribution in [0.2, 0.25) is 0 Å². The lowest BCUT2D eigenvalue weighted by Crippen LogP contribution is -2.04. The number of carbonyl (C=O) groups is 1. The number of hydrogen-bond donors (Lipinski definition) is 0. The van der Waals surface area contributed by atoms with E-state index in [0.717, 1.165) is 10.9 Å². The fourth-order valence-electron chi connectivity index (χ4n) is 2.16. The highest BCUT2D eigenvalue weighted by atomic mass is 19.1. The van der Waals surface area contributed by atoms with Crippen molar-refractivity contribution in [3.8, 4) is 0 Å². The summed E-state index contributed by atoms with van der Waals surface area (Å²) in [6.07, 6.45) is 0. The highest BCUT2D eigenvalue weighted by molar-refractivity contribution is 6.10. The van der Waals surface area contributed by atoms with Gasteiger partial charge in [0.25, 0.3) is 0 Å². The monoisotopic (exact) mass is 254 g/mol. The third kappa shape index (κ3) is 1.83. The third-order valence-electron chi connectivity index (χ3n) is 3.17. The summed E-state index contributed by atoms with van der Waals surface area (Å²) < 4.78 is 19.2. The molecule has 3 aromatic rings. The second kappa shape index (κ2) is 4.35.